The van der Waals surface area contributed by atoms with Crippen LogP contribution in [0.4, 0.5) is 22.0 Å². The Bertz CT molecular complexity index is 1110. The van der Waals surface area contributed by atoms with Crippen molar-refractivity contribution in [3.63, 3.8) is 0 Å². The smallest absolute Gasteiger partial charge is 0.410 e. The number of carbonyl (C=O) groups excluding carboxylic acids is 2. The van der Waals surface area contributed by atoms with Gasteiger partial charge >= 0.3 is 6.09 Å². The van der Waals surface area contributed by atoms with Crippen LogP contribution >= 0.6 is 0 Å². The third-order valence-corrected chi connectivity index (χ3v) is 5.14. The molecule has 1 aliphatic heterocycles. The van der Waals surface area contributed by atoms with Crippen LogP contribution in [0.25, 0.3) is 5.82 Å². The van der Waals surface area contributed by atoms with Gasteiger partial charge in [0.15, 0.2) is 11.6 Å². The fourth-order valence-corrected chi connectivity index (χ4v) is 3.18. The average Bonchev–Trinajstić information content (AvgIpc) is 3.27. The lowest BCUT2D eigenvalue weighted by atomic mass is 10.2. The summed E-state index contributed by atoms with van der Waals surface area (Å²) >= 11 is 0. The van der Waals surface area contributed by atoms with Crippen molar-refractivity contribution in [2.45, 2.75) is 20.8 Å². The molecule has 1 fully saturated rings. The van der Waals surface area contributed by atoms with Crippen LogP contribution in [0.15, 0.2) is 36.4 Å². The number of carbonyl (C=O) groups is 2. The van der Waals surface area contributed by atoms with Crippen molar-refractivity contribution in [1.29, 1.82) is 0 Å². The third-order valence-electron chi connectivity index (χ3n) is 5.14. The third kappa shape index (κ3) is 4.47. The summed E-state index contributed by atoms with van der Waals surface area (Å²) in [4.78, 5) is 24.9. The lowest BCUT2D eigenvalue weighted by Crippen LogP contribution is -2.33. The number of nitrogens with one attached hydrogen (secondary N) is 2. The highest BCUT2D eigenvalue weighted by atomic mass is 16.6. The van der Waals surface area contributed by atoms with Crippen LogP contribution in [-0.4, -0.2) is 56.6 Å². The number of nitrogens with zero attached hydrogens (tertiary/aromatic N) is 5. The van der Waals surface area contributed by atoms with Crippen molar-refractivity contribution < 1.29 is 14.3 Å². The van der Waals surface area contributed by atoms with Gasteiger partial charge < -0.3 is 15.4 Å². The Morgan fingerprint density at radius 3 is 2.39 bits per heavy atom. The molecule has 10 heteroatoms. The second-order valence-electron chi connectivity index (χ2n) is 7.27. The largest absolute Gasteiger partial charge is 0.448 e. The molecule has 2 amide bonds. The SMILES string of the molecule is Cc1nn(-c2ccc(Nc3ccc(NC(=O)CN4CCOC4=O)cc3)nn2)c(C)c1C. The van der Waals surface area contributed by atoms with Crippen LogP contribution in [0.5, 0.6) is 0 Å². The Labute approximate surface area is 179 Å². The van der Waals surface area contributed by atoms with Gasteiger partial charge in [-0.3, -0.25) is 9.69 Å². The van der Waals surface area contributed by atoms with E-state index in [0.29, 0.717) is 30.5 Å². The Morgan fingerprint density at radius 1 is 1.06 bits per heavy atom. The number of ether oxygens (including phenoxy) is 1. The molecule has 3 aromatic rings. The molecule has 0 unspecified atom stereocenters. The molecule has 31 heavy (non-hydrogen) atoms. The molecular weight excluding hydrogens is 398 g/mol. The highest BCUT2D eigenvalue weighted by Crippen LogP contribution is 2.19. The van der Waals surface area contributed by atoms with E-state index in [1.165, 1.54) is 4.90 Å². The summed E-state index contributed by atoms with van der Waals surface area (Å²) in [6.07, 6.45) is -0.463. The minimum Gasteiger partial charge on any atom is -0.448 e. The van der Waals surface area contributed by atoms with E-state index >= 15 is 0 Å². The lowest BCUT2D eigenvalue weighted by Gasteiger charge is -2.12. The number of benzene rings is 1. The van der Waals surface area contributed by atoms with Crippen LogP contribution in [0.1, 0.15) is 17.0 Å². The molecule has 1 saturated heterocycles. The van der Waals surface area contributed by atoms with Gasteiger partial charge in [-0.25, -0.2) is 9.48 Å². The molecule has 1 aromatic carbocycles. The highest BCUT2D eigenvalue weighted by molar-refractivity contribution is 5.94. The van der Waals surface area contributed by atoms with E-state index in [1.807, 2.05) is 45.0 Å². The van der Waals surface area contributed by atoms with Crippen LogP contribution in [0.2, 0.25) is 0 Å². The van der Waals surface area contributed by atoms with E-state index in [1.54, 1.807) is 16.8 Å². The number of anilines is 3. The lowest BCUT2D eigenvalue weighted by molar-refractivity contribution is -0.116. The van der Waals surface area contributed by atoms with Crippen LogP contribution < -0.4 is 10.6 Å². The van der Waals surface area contributed by atoms with Gasteiger partial charge in [-0.1, -0.05) is 0 Å². The molecule has 0 saturated carbocycles. The Morgan fingerprint density at radius 2 is 1.81 bits per heavy atom. The molecular formula is C21H23N7O3. The first-order valence-electron chi connectivity index (χ1n) is 9.86. The zero-order valence-electron chi connectivity index (χ0n) is 17.5. The fraction of sp³-hybridized carbons (Fsp3) is 0.286. The molecule has 1 aliphatic rings. The van der Waals surface area contributed by atoms with E-state index in [4.69, 9.17) is 4.74 Å². The van der Waals surface area contributed by atoms with E-state index in [9.17, 15) is 9.59 Å². The first-order chi connectivity index (χ1) is 14.9. The predicted octanol–water partition coefficient (Wildman–Crippen LogP) is 2.72. The molecule has 10 nitrogen and oxygen atoms in total. The molecule has 0 atom stereocenters. The number of hydrogen-bond acceptors (Lipinski definition) is 7. The van der Waals surface area contributed by atoms with Crippen molar-refractivity contribution in [1.82, 2.24) is 24.9 Å². The summed E-state index contributed by atoms with van der Waals surface area (Å²) in [5.41, 5.74) is 4.56. The first-order valence-corrected chi connectivity index (χ1v) is 9.86. The Balaban J connectivity index is 1.36. The summed E-state index contributed by atoms with van der Waals surface area (Å²) in [5.74, 6) is 0.964. The van der Waals surface area contributed by atoms with Gasteiger partial charge in [0.25, 0.3) is 0 Å². The van der Waals surface area contributed by atoms with E-state index in [0.717, 1.165) is 22.6 Å². The van der Waals surface area contributed by atoms with Crippen molar-refractivity contribution in [3.8, 4) is 5.82 Å². The monoisotopic (exact) mass is 421 g/mol. The molecule has 0 radical (unpaired) electrons. The van der Waals surface area contributed by atoms with Gasteiger partial charge in [0.05, 0.1) is 12.2 Å². The standard InChI is InChI=1S/C21H23N7O3/c1-13-14(2)26-28(15(13)3)19-9-8-18(24-25-19)22-16-4-6-17(7-5-16)23-20(29)12-27-10-11-31-21(27)30/h4-9H,10-12H2,1-3H3,(H,22,24)(H,23,29). The summed E-state index contributed by atoms with van der Waals surface area (Å²) in [6, 6.07) is 10.9. The quantitative estimate of drug-likeness (QED) is 0.629. The fourth-order valence-electron chi connectivity index (χ4n) is 3.18. The second-order valence-corrected chi connectivity index (χ2v) is 7.27. The maximum absolute atomic E-state index is 12.1. The summed E-state index contributed by atoms with van der Waals surface area (Å²) in [7, 11) is 0. The van der Waals surface area contributed by atoms with Crippen LogP contribution in [0.3, 0.4) is 0 Å². The molecule has 0 spiro atoms. The summed E-state index contributed by atoms with van der Waals surface area (Å²) in [6.45, 7) is 6.71. The Kier molecular flexibility index (Phi) is 5.52. The molecule has 4 rings (SSSR count). The van der Waals surface area contributed by atoms with Crippen molar-refractivity contribution >= 4 is 29.2 Å². The van der Waals surface area contributed by atoms with E-state index < -0.39 is 6.09 Å². The number of amides is 2. The summed E-state index contributed by atoms with van der Waals surface area (Å²) < 4.78 is 6.59. The van der Waals surface area contributed by atoms with Crippen molar-refractivity contribution in [2.24, 2.45) is 0 Å². The topological polar surface area (TPSA) is 114 Å². The Hall–Kier alpha value is -3.95. The van der Waals surface area contributed by atoms with Gasteiger partial charge in [-0.15, -0.1) is 10.2 Å². The maximum atomic E-state index is 12.1. The molecule has 0 aliphatic carbocycles. The number of hydrogen-bond donors (Lipinski definition) is 2. The van der Waals surface area contributed by atoms with Crippen LogP contribution in [0, 0.1) is 20.8 Å². The summed E-state index contributed by atoms with van der Waals surface area (Å²) in [5, 5.41) is 18.9. The maximum Gasteiger partial charge on any atom is 0.410 e. The number of rotatable bonds is 6. The van der Waals surface area contributed by atoms with E-state index in [2.05, 4.69) is 25.9 Å². The molecule has 2 N–H and O–H groups in total. The number of cyclic esters (lactones) is 1. The minimum absolute atomic E-state index is 0.0322. The molecule has 160 valence electrons. The van der Waals surface area contributed by atoms with Crippen LogP contribution in [-0.2, 0) is 9.53 Å². The molecule has 2 aromatic heterocycles. The number of aryl methyl sites for hydroxylation is 1. The second kappa shape index (κ2) is 8.42. The van der Waals surface area contributed by atoms with Crippen molar-refractivity contribution in [2.75, 3.05) is 30.3 Å². The van der Waals surface area contributed by atoms with Gasteiger partial charge in [-0.2, -0.15) is 5.10 Å². The van der Waals surface area contributed by atoms with Gasteiger partial charge in [-0.05, 0) is 62.7 Å². The van der Waals surface area contributed by atoms with Crippen molar-refractivity contribution in [3.05, 3.63) is 53.3 Å². The zero-order chi connectivity index (χ0) is 22.0. The van der Waals surface area contributed by atoms with Gasteiger partial charge in [0.1, 0.15) is 13.2 Å². The van der Waals surface area contributed by atoms with Gasteiger partial charge in [0, 0.05) is 17.1 Å². The molecule has 3 heterocycles. The normalized spacial score (nSPS) is 13.3. The first kappa shape index (κ1) is 20.3. The highest BCUT2D eigenvalue weighted by Gasteiger charge is 2.24. The zero-order valence-corrected chi connectivity index (χ0v) is 17.5. The molecule has 0 bridgehead atoms. The number of aromatic nitrogens is 4. The van der Waals surface area contributed by atoms with Gasteiger partial charge in [0.2, 0.25) is 5.91 Å². The minimum atomic E-state index is -0.463. The predicted molar refractivity (Wildman–Crippen MR) is 115 cm³/mol. The average molecular weight is 421 g/mol. The van der Waals surface area contributed by atoms with E-state index in [-0.39, 0.29) is 12.5 Å².